The number of hydrogen-bond acceptors (Lipinski definition) is 3. The number of carbonyl (C=O) groups excluding carboxylic acids is 1. The van der Waals surface area contributed by atoms with Crippen LogP contribution in [0.5, 0.6) is 0 Å². The summed E-state index contributed by atoms with van der Waals surface area (Å²) >= 11 is 0. The second-order valence-electron chi connectivity index (χ2n) is 8.97. The average Bonchev–Trinajstić information content (AvgIpc) is 3.10. The summed E-state index contributed by atoms with van der Waals surface area (Å²) in [4.78, 5) is 14.5. The molecule has 1 aromatic heterocycles. The number of aromatic nitrogens is 2. The Kier molecular flexibility index (Phi) is 6.34. The first-order chi connectivity index (χ1) is 14.1. The van der Waals surface area contributed by atoms with Gasteiger partial charge in [0.1, 0.15) is 0 Å². The van der Waals surface area contributed by atoms with Crippen molar-refractivity contribution in [2.75, 3.05) is 14.1 Å². The quantitative estimate of drug-likeness (QED) is 0.810. The van der Waals surface area contributed by atoms with Crippen LogP contribution in [0.2, 0.25) is 0 Å². The molecule has 2 aliphatic carbocycles. The Labute approximate surface area is 174 Å². The zero-order valence-corrected chi connectivity index (χ0v) is 17.9. The summed E-state index contributed by atoms with van der Waals surface area (Å²) in [5.41, 5.74) is 4.46. The maximum atomic E-state index is 12.8. The minimum Gasteiger partial charge on any atom is -0.343 e. The number of nitrogens with one attached hydrogen (secondary N) is 1. The molecule has 1 amide bonds. The molecule has 1 atom stereocenters. The Hall–Kier alpha value is -2.14. The van der Waals surface area contributed by atoms with E-state index in [1.165, 1.54) is 48.9 Å². The number of hydrogen-bond donors (Lipinski definition) is 1. The Balaban J connectivity index is 1.51. The van der Waals surface area contributed by atoms with Crippen LogP contribution in [0.25, 0.3) is 0 Å². The maximum absolute atomic E-state index is 12.8. The SMILES string of the molecule is CN(C)C(=O)c1nn(CC2CCCCC2)c2c1C[C@@H](NCc1ccccc1)CC2. The zero-order valence-electron chi connectivity index (χ0n) is 17.9. The van der Waals surface area contributed by atoms with Gasteiger partial charge in [-0.2, -0.15) is 5.10 Å². The van der Waals surface area contributed by atoms with Gasteiger partial charge in [0.15, 0.2) is 5.69 Å². The monoisotopic (exact) mass is 394 g/mol. The van der Waals surface area contributed by atoms with Crippen LogP contribution < -0.4 is 5.32 Å². The largest absolute Gasteiger partial charge is 0.343 e. The van der Waals surface area contributed by atoms with Crippen molar-refractivity contribution in [2.45, 2.75) is 70.5 Å². The molecule has 0 radical (unpaired) electrons. The van der Waals surface area contributed by atoms with Crippen LogP contribution in [0, 0.1) is 5.92 Å². The zero-order chi connectivity index (χ0) is 20.2. The van der Waals surface area contributed by atoms with Crippen molar-refractivity contribution in [1.29, 1.82) is 0 Å². The highest BCUT2D eigenvalue weighted by Crippen LogP contribution is 2.30. The van der Waals surface area contributed by atoms with Crippen LogP contribution in [-0.2, 0) is 25.9 Å². The van der Waals surface area contributed by atoms with Gasteiger partial charge in [-0.25, -0.2) is 0 Å². The summed E-state index contributed by atoms with van der Waals surface area (Å²) in [5, 5.41) is 8.56. The van der Waals surface area contributed by atoms with Gasteiger partial charge in [-0.1, -0.05) is 49.6 Å². The molecular weight excluding hydrogens is 360 g/mol. The first-order valence-electron chi connectivity index (χ1n) is 11.2. The lowest BCUT2D eigenvalue weighted by molar-refractivity contribution is 0.0819. The Morgan fingerprint density at radius 2 is 1.90 bits per heavy atom. The van der Waals surface area contributed by atoms with Crippen molar-refractivity contribution < 1.29 is 4.79 Å². The summed E-state index contributed by atoms with van der Waals surface area (Å²) in [6.45, 7) is 1.85. The van der Waals surface area contributed by atoms with Crippen molar-refractivity contribution in [3.05, 3.63) is 52.8 Å². The van der Waals surface area contributed by atoms with E-state index in [9.17, 15) is 4.79 Å². The van der Waals surface area contributed by atoms with E-state index in [-0.39, 0.29) is 5.91 Å². The molecule has 1 heterocycles. The van der Waals surface area contributed by atoms with Gasteiger partial charge in [0, 0.05) is 44.5 Å². The van der Waals surface area contributed by atoms with E-state index in [1.807, 2.05) is 14.1 Å². The minimum absolute atomic E-state index is 0.0346. The molecule has 0 saturated heterocycles. The fourth-order valence-corrected chi connectivity index (χ4v) is 4.87. The van der Waals surface area contributed by atoms with E-state index >= 15 is 0 Å². The van der Waals surface area contributed by atoms with Crippen molar-refractivity contribution in [1.82, 2.24) is 20.0 Å². The van der Waals surface area contributed by atoms with E-state index in [0.29, 0.717) is 17.7 Å². The Morgan fingerprint density at radius 1 is 1.14 bits per heavy atom. The summed E-state index contributed by atoms with van der Waals surface area (Å²) in [7, 11) is 3.64. The third-order valence-electron chi connectivity index (χ3n) is 6.55. The van der Waals surface area contributed by atoms with Gasteiger partial charge in [0.05, 0.1) is 0 Å². The number of nitrogens with zero attached hydrogens (tertiary/aromatic N) is 3. The van der Waals surface area contributed by atoms with Crippen LogP contribution >= 0.6 is 0 Å². The first kappa shape index (κ1) is 20.1. The fourth-order valence-electron chi connectivity index (χ4n) is 4.87. The highest BCUT2D eigenvalue weighted by molar-refractivity contribution is 5.93. The van der Waals surface area contributed by atoms with E-state index in [0.717, 1.165) is 32.4 Å². The highest BCUT2D eigenvalue weighted by Gasteiger charge is 2.30. The number of benzene rings is 1. The van der Waals surface area contributed by atoms with Gasteiger partial charge < -0.3 is 10.2 Å². The molecule has 2 aromatic rings. The van der Waals surface area contributed by atoms with E-state index in [4.69, 9.17) is 5.10 Å². The summed E-state index contributed by atoms with van der Waals surface area (Å²) < 4.78 is 2.19. The van der Waals surface area contributed by atoms with Crippen molar-refractivity contribution >= 4 is 5.91 Å². The number of rotatable bonds is 6. The molecule has 0 spiro atoms. The van der Waals surface area contributed by atoms with Crippen LogP contribution in [0.1, 0.15) is 65.8 Å². The van der Waals surface area contributed by atoms with Crippen LogP contribution in [0.15, 0.2) is 30.3 Å². The molecule has 1 N–H and O–H groups in total. The minimum atomic E-state index is 0.0346. The summed E-state index contributed by atoms with van der Waals surface area (Å²) in [6, 6.07) is 10.9. The second-order valence-corrected chi connectivity index (χ2v) is 8.97. The molecule has 2 aliphatic rings. The lowest BCUT2D eigenvalue weighted by atomic mass is 9.88. The lowest BCUT2D eigenvalue weighted by Crippen LogP contribution is -2.35. The van der Waals surface area contributed by atoms with Crippen LogP contribution in [0.4, 0.5) is 0 Å². The van der Waals surface area contributed by atoms with Crippen molar-refractivity contribution in [3.63, 3.8) is 0 Å². The number of carbonyl (C=O) groups is 1. The van der Waals surface area contributed by atoms with Crippen molar-refractivity contribution in [2.24, 2.45) is 5.92 Å². The van der Waals surface area contributed by atoms with Crippen LogP contribution in [-0.4, -0.2) is 40.7 Å². The lowest BCUT2D eigenvalue weighted by Gasteiger charge is -2.26. The molecule has 1 saturated carbocycles. The molecule has 0 aliphatic heterocycles. The topological polar surface area (TPSA) is 50.2 Å². The standard InChI is InChI=1S/C24H34N4O/c1-27(2)24(29)23-21-15-20(25-16-18-9-5-3-6-10-18)13-14-22(21)28(26-23)17-19-11-7-4-8-12-19/h3,5-6,9-10,19-20,25H,4,7-8,11-17H2,1-2H3/t20-/m0/s1. The normalized spacial score (nSPS) is 19.7. The molecular formula is C24H34N4O. The molecule has 4 rings (SSSR count). The Morgan fingerprint density at radius 3 is 2.62 bits per heavy atom. The fraction of sp³-hybridized carbons (Fsp3) is 0.583. The van der Waals surface area contributed by atoms with Crippen LogP contribution in [0.3, 0.4) is 0 Å². The highest BCUT2D eigenvalue weighted by atomic mass is 16.2. The summed E-state index contributed by atoms with van der Waals surface area (Å²) in [6.07, 6.45) is 9.63. The molecule has 29 heavy (non-hydrogen) atoms. The van der Waals surface area contributed by atoms with Gasteiger partial charge in [-0.3, -0.25) is 9.48 Å². The van der Waals surface area contributed by atoms with Gasteiger partial charge >= 0.3 is 0 Å². The summed E-state index contributed by atoms with van der Waals surface area (Å²) in [5.74, 6) is 0.747. The molecule has 1 aromatic carbocycles. The predicted molar refractivity (Wildman–Crippen MR) is 116 cm³/mol. The molecule has 0 unspecified atom stereocenters. The third kappa shape index (κ3) is 4.72. The average molecular weight is 395 g/mol. The number of fused-ring (bicyclic) bond motifs is 1. The van der Waals surface area contributed by atoms with Crippen molar-refractivity contribution in [3.8, 4) is 0 Å². The second kappa shape index (κ2) is 9.12. The predicted octanol–water partition coefficient (Wildman–Crippen LogP) is 3.81. The third-order valence-corrected chi connectivity index (χ3v) is 6.55. The van der Waals surface area contributed by atoms with Gasteiger partial charge in [-0.05, 0) is 43.6 Å². The molecule has 0 bridgehead atoms. The van der Waals surface area contributed by atoms with Gasteiger partial charge in [0.25, 0.3) is 5.91 Å². The molecule has 1 fully saturated rings. The smallest absolute Gasteiger partial charge is 0.274 e. The molecule has 5 nitrogen and oxygen atoms in total. The Bertz CT molecular complexity index is 821. The van der Waals surface area contributed by atoms with Gasteiger partial charge in [0.2, 0.25) is 0 Å². The maximum Gasteiger partial charge on any atom is 0.274 e. The van der Waals surface area contributed by atoms with E-state index in [2.05, 4.69) is 40.3 Å². The molecule has 5 heteroatoms. The van der Waals surface area contributed by atoms with E-state index in [1.54, 1.807) is 4.90 Å². The molecule has 156 valence electrons. The number of amides is 1. The van der Waals surface area contributed by atoms with Gasteiger partial charge in [-0.15, -0.1) is 0 Å². The van der Waals surface area contributed by atoms with E-state index < -0.39 is 0 Å². The first-order valence-corrected chi connectivity index (χ1v) is 11.2.